The number of hydrogen-bond acceptors (Lipinski definition) is 6. The van der Waals surface area contributed by atoms with Crippen molar-refractivity contribution in [3.05, 3.63) is 40.6 Å². The van der Waals surface area contributed by atoms with Crippen LogP contribution >= 0.6 is 11.6 Å². The van der Waals surface area contributed by atoms with Crippen molar-refractivity contribution in [1.82, 2.24) is 0 Å². The summed E-state index contributed by atoms with van der Waals surface area (Å²) >= 11 is 6.12. The van der Waals surface area contributed by atoms with Gasteiger partial charge in [0.1, 0.15) is 11.8 Å². The Labute approximate surface area is 182 Å². The summed E-state index contributed by atoms with van der Waals surface area (Å²) in [6.45, 7) is 2.14. The van der Waals surface area contributed by atoms with Crippen molar-refractivity contribution in [3.8, 4) is 6.07 Å². The van der Waals surface area contributed by atoms with E-state index in [1.807, 2.05) is 6.07 Å². The van der Waals surface area contributed by atoms with Crippen LogP contribution in [0, 0.1) is 17.2 Å². The van der Waals surface area contributed by atoms with Gasteiger partial charge in [0.05, 0.1) is 28.9 Å². The van der Waals surface area contributed by atoms with Crippen LogP contribution in [0.2, 0.25) is 5.02 Å². The number of ether oxygens (including phenoxy) is 1. The summed E-state index contributed by atoms with van der Waals surface area (Å²) in [5, 5.41) is 18.4. The number of carbonyl (C=O) groups excluding carboxylic acids is 1. The van der Waals surface area contributed by atoms with Crippen LogP contribution in [0.3, 0.4) is 0 Å². The third-order valence-electron chi connectivity index (χ3n) is 5.68. The number of nitriles is 1. The Morgan fingerprint density at radius 1 is 1.37 bits per heavy atom. The molecular weight excluding hydrogens is 400 g/mol. The molecule has 1 aliphatic carbocycles. The molecule has 0 aromatic heterocycles. The average molecular weight is 427 g/mol. The third kappa shape index (κ3) is 5.99. The molecule has 2 aliphatic rings. The molecule has 158 valence electrons. The highest BCUT2D eigenvalue weighted by atomic mass is 35.5. The summed E-state index contributed by atoms with van der Waals surface area (Å²) < 4.78 is 5.05. The van der Waals surface area contributed by atoms with Crippen LogP contribution < -0.4 is 0 Å². The summed E-state index contributed by atoms with van der Waals surface area (Å²) in [5.74, 6) is 0.416. The maximum atomic E-state index is 11.9. The molecule has 1 atom stereocenters. The van der Waals surface area contributed by atoms with Gasteiger partial charge in [0, 0.05) is 12.6 Å². The van der Waals surface area contributed by atoms with Gasteiger partial charge in [-0.2, -0.15) is 15.5 Å². The number of rotatable bonds is 8. The van der Waals surface area contributed by atoms with E-state index in [1.54, 1.807) is 31.3 Å². The first-order chi connectivity index (χ1) is 14.6. The fourth-order valence-corrected chi connectivity index (χ4v) is 4.19. The zero-order chi connectivity index (χ0) is 21.3. The molecule has 1 aliphatic heterocycles. The second kappa shape index (κ2) is 11.0. The molecule has 1 aromatic rings. The minimum absolute atomic E-state index is 0.0764. The van der Waals surface area contributed by atoms with E-state index in [0.717, 1.165) is 30.8 Å². The maximum absolute atomic E-state index is 11.9. The van der Waals surface area contributed by atoms with Crippen molar-refractivity contribution in [2.24, 2.45) is 21.1 Å². The fourth-order valence-electron chi connectivity index (χ4n) is 3.98. The van der Waals surface area contributed by atoms with E-state index in [1.165, 1.54) is 25.7 Å². The first kappa shape index (κ1) is 22.2. The van der Waals surface area contributed by atoms with Gasteiger partial charge in [-0.15, -0.1) is 0 Å². The van der Waals surface area contributed by atoms with Gasteiger partial charge in [0.25, 0.3) is 0 Å². The van der Waals surface area contributed by atoms with Gasteiger partial charge in [0.15, 0.2) is 0 Å². The van der Waals surface area contributed by atoms with Crippen LogP contribution in [0.15, 0.2) is 45.2 Å². The van der Waals surface area contributed by atoms with Crippen LogP contribution in [0.25, 0.3) is 0 Å². The quantitative estimate of drug-likeness (QED) is 0.360. The third-order valence-corrected chi connectivity index (χ3v) is 6.00. The molecule has 1 saturated carbocycles. The van der Waals surface area contributed by atoms with Gasteiger partial charge in [0.2, 0.25) is 0 Å². The van der Waals surface area contributed by atoms with Crippen LogP contribution in [0.4, 0.5) is 5.69 Å². The van der Waals surface area contributed by atoms with E-state index in [2.05, 4.69) is 15.2 Å². The van der Waals surface area contributed by atoms with Crippen LogP contribution in [0.5, 0.6) is 0 Å². The molecule has 1 fully saturated rings. The van der Waals surface area contributed by atoms with Gasteiger partial charge in [-0.25, -0.2) is 4.79 Å². The maximum Gasteiger partial charge on any atom is 0.352 e. The predicted octanol–water partition coefficient (Wildman–Crippen LogP) is 6.32. The van der Waals surface area contributed by atoms with E-state index in [4.69, 9.17) is 21.6 Å². The number of hydrogen-bond donors (Lipinski definition) is 0. The molecular formula is C23H27ClN4O2. The van der Waals surface area contributed by atoms with E-state index in [9.17, 15) is 4.79 Å². The van der Waals surface area contributed by atoms with Gasteiger partial charge in [-0.05, 0) is 55.9 Å². The van der Waals surface area contributed by atoms with Crippen LogP contribution in [-0.4, -0.2) is 24.3 Å². The Balaban J connectivity index is 1.75. The Bertz CT molecular complexity index is 895. The van der Waals surface area contributed by atoms with E-state index >= 15 is 0 Å². The van der Waals surface area contributed by atoms with Crippen molar-refractivity contribution in [3.63, 3.8) is 0 Å². The molecule has 1 heterocycles. The normalized spacial score (nSPS) is 18.0. The first-order valence-corrected chi connectivity index (χ1v) is 11.0. The van der Waals surface area contributed by atoms with Crippen LogP contribution in [0.1, 0.15) is 63.9 Å². The van der Waals surface area contributed by atoms with Gasteiger partial charge in [-0.1, -0.05) is 37.3 Å². The van der Waals surface area contributed by atoms with Crippen LogP contribution in [-0.2, 0) is 9.53 Å². The molecule has 6 nitrogen and oxygen atoms in total. The highest BCUT2D eigenvalue weighted by Crippen LogP contribution is 2.32. The van der Waals surface area contributed by atoms with Gasteiger partial charge < -0.3 is 4.74 Å². The Hall–Kier alpha value is -2.52. The largest absolute Gasteiger partial charge is 0.462 e. The molecule has 30 heavy (non-hydrogen) atoms. The summed E-state index contributed by atoms with van der Waals surface area (Å²) in [4.78, 5) is 16.3. The van der Waals surface area contributed by atoms with Gasteiger partial charge in [-0.3, -0.25) is 4.99 Å². The van der Waals surface area contributed by atoms with E-state index < -0.39 is 0 Å². The summed E-state index contributed by atoms with van der Waals surface area (Å²) in [6, 6.07) is 7.02. The van der Waals surface area contributed by atoms with Gasteiger partial charge >= 0.3 is 5.97 Å². The molecule has 0 saturated heterocycles. The highest BCUT2D eigenvalue weighted by Gasteiger charge is 2.23. The molecule has 3 rings (SSSR count). The molecule has 0 spiro atoms. The van der Waals surface area contributed by atoms with E-state index in [0.29, 0.717) is 35.0 Å². The summed E-state index contributed by atoms with van der Waals surface area (Å²) in [6.07, 6.45) is 10.3. The molecule has 0 N–H and O–H groups in total. The van der Waals surface area contributed by atoms with Crippen molar-refractivity contribution >= 4 is 29.0 Å². The fraction of sp³-hybridized carbons (Fsp3) is 0.522. The Kier molecular flexibility index (Phi) is 8.15. The topological polar surface area (TPSA) is 87.2 Å². The molecule has 1 unspecified atom stereocenters. The Morgan fingerprint density at radius 2 is 2.17 bits per heavy atom. The predicted molar refractivity (Wildman–Crippen MR) is 117 cm³/mol. The SMILES string of the molecule is CCOC(=O)C1=NC=C(C(CCC2CCCC2)N=Nc2ccc(C#N)c(Cl)c2)CC1. The minimum atomic E-state index is -0.343. The molecule has 7 heteroatoms. The zero-order valence-electron chi connectivity index (χ0n) is 17.3. The smallest absolute Gasteiger partial charge is 0.352 e. The number of esters is 1. The molecule has 0 bridgehead atoms. The lowest BCUT2D eigenvalue weighted by Gasteiger charge is -2.20. The lowest BCUT2D eigenvalue weighted by atomic mass is 9.92. The first-order valence-electron chi connectivity index (χ1n) is 10.6. The number of azo groups is 1. The Morgan fingerprint density at radius 3 is 2.80 bits per heavy atom. The van der Waals surface area contributed by atoms with Crippen molar-refractivity contribution < 1.29 is 9.53 Å². The van der Waals surface area contributed by atoms with Crippen molar-refractivity contribution in [2.75, 3.05) is 6.61 Å². The second-order valence-corrected chi connectivity index (χ2v) is 8.14. The molecule has 1 aromatic carbocycles. The standard InChI is InChI=1S/C23H27ClN4O2/c1-2-30-23(29)22-12-9-18(15-26-22)21(11-7-16-5-3-4-6-16)28-27-19-10-8-17(14-25)20(24)13-19/h8,10,13,15-16,21H,2-7,9,11-12H2,1H3. The summed E-state index contributed by atoms with van der Waals surface area (Å²) in [5.41, 5.74) is 2.59. The number of halogens is 1. The molecule has 0 amide bonds. The number of benzene rings is 1. The number of carbonyl (C=O) groups is 1. The van der Waals surface area contributed by atoms with Crippen molar-refractivity contribution in [1.29, 1.82) is 5.26 Å². The monoisotopic (exact) mass is 426 g/mol. The van der Waals surface area contributed by atoms with E-state index in [-0.39, 0.29) is 12.0 Å². The minimum Gasteiger partial charge on any atom is -0.462 e. The number of nitrogens with zero attached hydrogens (tertiary/aromatic N) is 4. The van der Waals surface area contributed by atoms with Crippen molar-refractivity contribution in [2.45, 2.75) is 64.3 Å². The lowest BCUT2D eigenvalue weighted by molar-refractivity contribution is -0.135. The zero-order valence-corrected chi connectivity index (χ0v) is 18.1. The second-order valence-electron chi connectivity index (χ2n) is 7.74. The number of aliphatic imine (C=N–C) groups is 1. The molecule has 0 radical (unpaired) electrons. The summed E-state index contributed by atoms with van der Waals surface area (Å²) in [7, 11) is 0. The highest BCUT2D eigenvalue weighted by molar-refractivity contribution is 6.36. The lowest BCUT2D eigenvalue weighted by Crippen LogP contribution is -2.21. The average Bonchev–Trinajstić information content (AvgIpc) is 3.28.